The van der Waals surface area contributed by atoms with Crippen LogP contribution in [0.25, 0.3) is 0 Å². The quantitative estimate of drug-likeness (QED) is 0.904. The lowest BCUT2D eigenvalue weighted by molar-refractivity contribution is -0.136. The number of carbonyl (C=O) groups is 1. The van der Waals surface area contributed by atoms with Gasteiger partial charge in [0.15, 0.2) is 5.82 Å². The fourth-order valence-electron chi connectivity index (χ4n) is 3.15. The number of amides is 1. The molecule has 3 heterocycles. The Bertz CT molecular complexity index is 432. The van der Waals surface area contributed by atoms with E-state index in [1.54, 1.807) is 0 Å². The zero-order valence-corrected chi connectivity index (χ0v) is 12.4. The van der Waals surface area contributed by atoms with Crippen LogP contribution in [0.1, 0.15) is 31.5 Å². The summed E-state index contributed by atoms with van der Waals surface area (Å²) >= 11 is 1.92. The summed E-state index contributed by atoms with van der Waals surface area (Å²) in [6.07, 6.45) is 5.31. The molecule has 2 fully saturated rings. The molecule has 2 aliphatic heterocycles. The van der Waals surface area contributed by atoms with Crippen molar-refractivity contribution in [2.45, 2.75) is 32.1 Å². The highest BCUT2D eigenvalue weighted by molar-refractivity contribution is 7.99. The Hall–Kier alpha value is -1.11. The van der Waals surface area contributed by atoms with E-state index in [9.17, 15) is 4.79 Å². The summed E-state index contributed by atoms with van der Waals surface area (Å²) in [5.41, 5.74) is 0. The van der Waals surface area contributed by atoms with Gasteiger partial charge in [0.05, 0.1) is 0 Å². The van der Waals surface area contributed by atoms with E-state index >= 15 is 0 Å². The largest absolute Gasteiger partial charge is 0.342 e. The number of hydrogen-bond donors (Lipinski definition) is 1. The normalized spacial score (nSPS) is 27.5. The second kappa shape index (κ2) is 6.56. The van der Waals surface area contributed by atoms with Gasteiger partial charge in [-0.3, -0.25) is 4.79 Å². The van der Waals surface area contributed by atoms with Crippen LogP contribution < -0.4 is 0 Å². The standard InChI is InChI=1S/C13H21N5OS/c19-13(11-4-2-6-20-9-11)18-5-1-3-10(8-18)7-12-14-16-17-15-12/h10-11H,1-9H2,(H,14,15,16,17). The molecule has 2 unspecified atom stereocenters. The SMILES string of the molecule is O=C(C1CCCSC1)N1CCCC(Cc2nn[nH]n2)C1. The Labute approximate surface area is 123 Å². The topological polar surface area (TPSA) is 74.8 Å². The number of thioether (sulfide) groups is 1. The summed E-state index contributed by atoms with van der Waals surface area (Å²) in [7, 11) is 0. The second-order valence-corrected chi connectivity index (χ2v) is 6.89. The maximum absolute atomic E-state index is 12.6. The Morgan fingerprint density at radius 3 is 3.10 bits per heavy atom. The average molecular weight is 295 g/mol. The average Bonchev–Trinajstić information content (AvgIpc) is 3.01. The number of nitrogens with zero attached hydrogens (tertiary/aromatic N) is 4. The van der Waals surface area contributed by atoms with Gasteiger partial charge < -0.3 is 4.90 Å². The van der Waals surface area contributed by atoms with Gasteiger partial charge in [-0.05, 0) is 37.4 Å². The minimum atomic E-state index is 0.248. The zero-order chi connectivity index (χ0) is 13.8. The Kier molecular flexibility index (Phi) is 4.54. The van der Waals surface area contributed by atoms with Crippen LogP contribution in [0.4, 0.5) is 0 Å². The minimum absolute atomic E-state index is 0.248. The van der Waals surface area contributed by atoms with Crippen LogP contribution in [-0.2, 0) is 11.2 Å². The van der Waals surface area contributed by atoms with Crippen molar-refractivity contribution in [2.75, 3.05) is 24.6 Å². The van der Waals surface area contributed by atoms with E-state index in [0.29, 0.717) is 11.8 Å². The predicted octanol–water partition coefficient (Wildman–Crippen LogP) is 1.12. The van der Waals surface area contributed by atoms with E-state index in [4.69, 9.17) is 0 Å². The van der Waals surface area contributed by atoms with Crippen molar-refractivity contribution in [3.63, 3.8) is 0 Å². The number of tetrazole rings is 1. The van der Waals surface area contributed by atoms with E-state index in [-0.39, 0.29) is 5.92 Å². The number of aromatic amines is 1. The molecule has 2 aliphatic rings. The van der Waals surface area contributed by atoms with Gasteiger partial charge in [0.1, 0.15) is 0 Å². The molecule has 2 atom stereocenters. The maximum Gasteiger partial charge on any atom is 0.226 e. The molecule has 1 N–H and O–H groups in total. The van der Waals surface area contributed by atoms with Crippen molar-refractivity contribution in [3.8, 4) is 0 Å². The number of aromatic nitrogens is 4. The third-order valence-electron chi connectivity index (χ3n) is 4.20. The molecule has 3 rings (SSSR count). The molecule has 1 amide bonds. The summed E-state index contributed by atoms with van der Waals surface area (Å²) in [5, 5.41) is 14.1. The predicted molar refractivity (Wildman–Crippen MR) is 77.2 cm³/mol. The Morgan fingerprint density at radius 2 is 2.35 bits per heavy atom. The van der Waals surface area contributed by atoms with Crippen molar-refractivity contribution in [1.82, 2.24) is 25.5 Å². The fraction of sp³-hybridized carbons (Fsp3) is 0.846. The summed E-state index contributed by atoms with van der Waals surface area (Å²) in [5.74, 6) is 4.07. The molecular formula is C13H21N5OS. The van der Waals surface area contributed by atoms with Gasteiger partial charge in [0.25, 0.3) is 0 Å². The highest BCUT2D eigenvalue weighted by atomic mass is 32.2. The molecule has 2 saturated heterocycles. The number of rotatable bonds is 3. The molecule has 0 radical (unpaired) electrons. The Morgan fingerprint density at radius 1 is 1.40 bits per heavy atom. The second-order valence-electron chi connectivity index (χ2n) is 5.74. The van der Waals surface area contributed by atoms with Crippen LogP contribution in [0.2, 0.25) is 0 Å². The minimum Gasteiger partial charge on any atom is -0.342 e. The van der Waals surface area contributed by atoms with E-state index in [1.807, 2.05) is 11.8 Å². The number of carbonyl (C=O) groups excluding carboxylic acids is 1. The highest BCUT2D eigenvalue weighted by Gasteiger charge is 2.30. The zero-order valence-electron chi connectivity index (χ0n) is 11.6. The number of H-pyrrole nitrogens is 1. The third kappa shape index (κ3) is 3.31. The lowest BCUT2D eigenvalue weighted by Gasteiger charge is -2.35. The number of likely N-dealkylation sites (tertiary alicyclic amines) is 1. The van der Waals surface area contributed by atoms with Gasteiger partial charge in [-0.15, -0.1) is 10.2 Å². The molecule has 1 aromatic rings. The van der Waals surface area contributed by atoms with Crippen LogP contribution >= 0.6 is 11.8 Å². The molecule has 6 nitrogen and oxygen atoms in total. The summed E-state index contributed by atoms with van der Waals surface area (Å²) in [4.78, 5) is 14.6. The van der Waals surface area contributed by atoms with Gasteiger partial charge in [0, 0.05) is 31.2 Å². The molecule has 1 aromatic heterocycles. The molecule has 7 heteroatoms. The molecule has 20 heavy (non-hydrogen) atoms. The molecule has 0 spiro atoms. The van der Waals surface area contributed by atoms with Gasteiger partial charge >= 0.3 is 0 Å². The summed E-state index contributed by atoms with van der Waals surface area (Å²) < 4.78 is 0. The first-order chi connectivity index (χ1) is 9.83. The monoisotopic (exact) mass is 295 g/mol. The van der Waals surface area contributed by atoms with Crippen LogP contribution in [-0.4, -0.2) is 56.0 Å². The molecule has 0 aromatic carbocycles. The smallest absolute Gasteiger partial charge is 0.226 e. The van der Waals surface area contributed by atoms with Crippen molar-refractivity contribution in [3.05, 3.63) is 5.82 Å². The van der Waals surface area contributed by atoms with Crippen molar-refractivity contribution in [1.29, 1.82) is 0 Å². The van der Waals surface area contributed by atoms with E-state index in [2.05, 4.69) is 25.5 Å². The van der Waals surface area contributed by atoms with E-state index in [1.165, 1.54) is 12.2 Å². The van der Waals surface area contributed by atoms with Gasteiger partial charge in [-0.25, -0.2) is 0 Å². The molecule has 0 aliphatic carbocycles. The van der Waals surface area contributed by atoms with Gasteiger partial charge in [-0.1, -0.05) is 5.21 Å². The van der Waals surface area contributed by atoms with Crippen LogP contribution in [0.5, 0.6) is 0 Å². The van der Waals surface area contributed by atoms with Crippen LogP contribution in [0.3, 0.4) is 0 Å². The first kappa shape index (κ1) is 13.9. The summed E-state index contributed by atoms with van der Waals surface area (Å²) in [6.45, 7) is 1.78. The molecule has 0 saturated carbocycles. The Balaban J connectivity index is 1.55. The lowest BCUT2D eigenvalue weighted by atomic mass is 9.93. The number of nitrogens with one attached hydrogen (secondary N) is 1. The summed E-state index contributed by atoms with van der Waals surface area (Å²) in [6, 6.07) is 0. The lowest BCUT2D eigenvalue weighted by Crippen LogP contribution is -2.44. The van der Waals surface area contributed by atoms with Crippen molar-refractivity contribution >= 4 is 17.7 Å². The fourth-order valence-corrected chi connectivity index (χ4v) is 4.28. The van der Waals surface area contributed by atoms with Gasteiger partial charge in [0.2, 0.25) is 5.91 Å². The van der Waals surface area contributed by atoms with Crippen molar-refractivity contribution in [2.24, 2.45) is 11.8 Å². The third-order valence-corrected chi connectivity index (χ3v) is 5.42. The first-order valence-corrected chi connectivity index (χ1v) is 8.57. The van der Waals surface area contributed by atoms with E-state index in [0.717, 1.165) is 50.4 Å². The van der Waals surface area contributed by atoms with Crippen LogP contribution in [0.15, 0.2) is 0 Å². The molecule has 110 valence electrons. The molecular weight excluding hydrogens is 274 g/mol. The number of piperidine rings is 1. The van der Waals surface area contributed by atoms with Crippen molar-refractivity contribution < 1.29 is 4.79 Å². The first-order valence-electron chi connectivity index (χ1n) is 7.42. The van der Waals surface area contributed by atoms with Crippen LogP contribution in [0, 0.1) is 11.8 Å². The van der Waals surface area contributed by atoms with Gasteiger partial charge in [-0.2, -0.15) is 17.0 Å². The highest BCUT2D eigenvalue weighted by Crippen LogP contribution is 2.27. The maximum atomic E-state index is 12.6. The number of hydrogen-bond acceptors (Lipinski definition) is 5. The molecule has 0 bridgehead atoms. The van der Waals surface area contributed by atoms with E-state index < -0.39 is 0 Å².